The van der Waals surface area contributed by atoms with Gasteiger partial charge in [0.15, 0.2) is 11.5 Å². The van der Waals surface area contributed by atoms with Gasteiger partial charge in [0.25, 0.3) is 0 Å². The number of ether oxygens (including phenoxy) is 3. The molecule has 6 rings (SSSR count). The second-order valence-electron chi connectivity index (χ2n) is 11.1. The standard InChI is InChI=1S/C27H36N2O4/c1-18-4-3-7-27(2)14-25-20(13-22(18)27)21(26(30)33-25)16-29-10-8-28(9-11-29)15-19-5-6-23-24(12-19)32-17-31-23/h5-6,12-13,18,20-21,25H,3-4,7-11,14-17H2,1-2H3/t18-,20+,21+,25-,27+/m1/s1. The van der Waals surface area contributed by atoms with Crippen molar-refractivity contribution in [1.29, 1.82) is 0 Å². The fraction of sp³-hybridized carbons (Fsp3) is 0.667. The molecule has 2 saturated heterocycles. The number of piperazine rings is 1. The molecule has 5 atom stereocenters. The molecular formula is C27H36N2O4. The molecule has 1 aromatic rings. The Bertz CT molecular complexity index is 953. The van der Waals surface area contributed by atoms with E-state index in [1.807, 2.05) is 6.07 Å². The number of hydrogen-bond donors (Lipinski definition) is 0. The molecule has 33 heavy (non-hydrogen) atoms. The summed E-state index contributed by atoms with van der Waals surface area (Å²) >= 11 is 0. The van der Waals surface area contributed by atoms with Gasteiger partial charge in [0.1, 0.15) is 6.10 Å². The average molecular weight is 453 g/mol. The fourth-order valence-electron chi connectivity index (χ4n) is 6.96. The van der Waals surface area contributed by atoms with E-state index in [1.165, 1.54) is 24.8 Å². The van der Waals surface area contributed by atoms with E-state index < -0.39 is 0 Å². The highest BCUT2D eigenvalue weighted by Gasteiger charge is 2.52. The number of hydrogen-bond acceptors (Lipinski definition) is 6. The highest BCUT2D eigenvalue weighted by atomic mass is 16.7. The van der Waals surface area contributed by atoms with Crippen LogP contribution >= 0.6 is 0 Å². The van der Waals surface area contributed by atoms with Crippen molar-refractivity contribution in [2.24, 2.45) is 23.2 Å². The molecule has 178 valence electrons. The molecule has 0 spiro atoms. The molecule has 0 N–H and O–H groups in total. The summed E-state index contributed by atoms with van der Waals surface area (Å²) in [5.74, 6) is 2.60. The van der Waals surface area contributed by atoms with Crippen molar-refractivity contribution in [3.63, 3.8) is 0 Å². The first-order valence-corrected chi connectivity index (χ1v) is 12.7. The Hall–Kier alpha value is -2.05. The van der Waals surface area contributed by atoms with Crippen molar-refractivity contribution >= 4 is 5.97 Å². The number of rotatable bonds is 4. The summed E-state index contributed by atoms with van der Waals surface area (Å²) in [7, 11) is 0. The molecular weight excluding hydrogens is 416 g/mol. The van der Waals surface area contributed by atoms with Gasteiger partial charge in [-0.25, -0.2) is 0 Å². The van der Waals surface area contributed by atoms with Crippen molar-refractivity contribution in [3.05, 3.63) is 35.4 Å². The Morgan fingerprint density at radius 1 is 1.09 bits per heavy atom. The molecule has 0 bridgehead atoms. The van der Waals surface area contributed by atoms with Crippen LogP contribution in [0.1, 0.15) is 45.1 Å². The Balaban J connectivity index is 1.07. The zero-order valence-electron chi connectivity index (χ0n) is 19.9. The molecule has 0 radical (unpaired) electrons. The van der Waals surface area contributed by atoms with Crippen molar-refractivity contribution in [2.75, 3.05) is 39.5 Å². The Kier molecular flexibility index (Phi) is 5.41. The van der Waals surface area contributed by atoms with Crippen LogP contribution in [0.2, 0.25) is 0 Å². The van der Waals surface area contributed by atoms with Crippen LogP contribution in [-0.2, 0) is 16.1 Å². The molecule has 3 fully saturated rings. The van der Waals surface area contributed by atoms with Crippen LogP contribution in [0.15, 0.2) is 29.8 Å². The lowest BCUT2D eigenvalue weighted by Crippen LogP contribution is -2.48. The van der Waals surface area contributed by atoms with E-state index >= 15 is 0 Å². The average Bonchev–Trinajstić information content (AvgIpc) is 3.37. The van der Waals surface area contributed by atoms with Gasteiger partial charge in [-0.15, -0.1) is 0 Å². The van der Waals surface area contributed by atoms with Gasteiger partial charge in [0, 0.05) is 45.2 Å². The van der Waals surface area contributed by atoms with Crippen molar-refractivity contribution < 1.29 is 19.0 Å². The van der Waals surface area contributed by atoms with Crippen molar-refractivity contribution in [2.45, 2.75) is 52.2 Å². The monoisotopic (exact) mass is 452 g/mol. The minimum Gasteiger partial charge on any atom is -0.461 e. The zero-order chi connectivity index (χ0) is 22.6. The second kappa shape index (κ2) is 8.31. The normalized spacial score (nSPS) is 36.2. The number of carbonyl (C=O) groups is 1. The van der Waals surface area contributed by atoms with Gasteiger partial charge in [-0.1, -0.05) is 38.0 Å². The first-order chi connectivity index (χ1) is 16.0. The molecule has 0 amide bonds. The molecule has 5 aliphatic rings. The molecule has 1 aromatic carbocycles. The summed E-state index contributed by atoms with van der Waals surface area (Å²) in [5, 5.41) is 0. The van der Waals surface area contributed by atoms with E-state index in [0.717, 1.165) is 57.2 Å². The number of carbonyl (C=O) groups excluding carboxylic acids is 1. The Morgan fingerprint density at radius 3 is 2.73 bits per heavy atom. The van der Waals surface area contributed by atoms with Gasteiger partial charge in [0.2, 0.25) is 6.79 Å². The molecule has 3 heterocycles. The van der Waals surface area contributed by atoms with E-state index in [9.17, 15) is 4.79 Å². The Labute approximate surface area is 196 Å². The highest BCUT2D eigenvalue weighted by Crippen LogP contribution is 2.54. The van der Waals surface area contributed by atoms with Gasteiger partial charge < -0.3 is 14.2 Å². The van der Waals surface area contributed by atoms with E-state index in [2.05, 4.69) is 41.9 Å². The maximum Gasteiger partial charge on any atom is 0.311 e. The summed E-state index contributed by atoms with van der Waals surface area (Å²) in [6.07, 6.45) is 7.38. The number of fused-ring (bicyclic) bond motifs is 3. The zero-order valence-corrected chi connectivity index (χ0v) is 19.9. The van der Waals surface area contributed by atoms with Crippen LogP contribution in [0, 0.1) is 23.2 Å². The van der Waals surface area contributed by atoms with E-state index in [-0.39, 0.29) is 29.3 Å². The SMILES string of the molecule is C[C@@H]1CCC[C@@]2(C)C[C@H]3OC(=O)[C@@H](CN4CCN(Cc5ccc6c(c5)OCO6)CC4)[C@@H]3C=C12. The lowest BCUT2D eigenvalue weighted by molar-refractivity contribution is -0.145. The predicted molar refractivity (Wildman–Crippen MR) is 125 cm³/mol. The molecule has 0 unspecified atom stereocenters. The van der Waals surface area contributed by atoms with Crippen molar-refractivity contribution in [1.82, 2.24) is 9.80 Å². The number of allylic oxidation sites excluding steroid dienone is 1. The van der Waals surface area contributed by atoms with Gasteiger partial charge in [-0.2, -0.15) is 0 Å². The Morgan fingerprint density at radius 2 is 1.88 bits per heavy atom. The van der Waals surface area contributed by atoms with Crippen LogP contribution in [0.25, 0.3) is 0 Å². The summed E-state index contributed by atoms with van der Waals surface area (Å²) < 4.78 is 16.9. The molecule has 2 aliphatic carbocycles. The summed E-state index contributed by atoms with van der Waals surface area (Å²) in [6.45, 7) is 10.8. The van der Waals surface area contributed by atoms with Crippen LogP contribution in [0.3, 0.4) is 0 Å². The number of benzene rings is 1. The molecule has 3 aliphatic heterocycles. The highest BCUT2D eigenvalue weighted by molar-refractivity contribution is 5.76. The first-order valence-electron chi connectivity index (χ1n) is 12.7. The maximum absolute atomic E-state index is 12.9. The maximum atomic E-state index is 12.9. The van der Waals surface area contributed by atoms with Crippen LogP contribution in [-0.4, -0.2) is 61.4 Å². The number of esters is 1. The lowest BCUT2D eigenvalue weighted by Gasteiger charge is -2.46. The largest absolute Gasteiger partial charge is 0.461 e. The topological polar surface area (TPSA) is 51.2 Å². The van der Waals surface area contributed by atoms with Crippen LogP contribution in [0.4, 0.5) is 0 Å². The summed E-state index contributed by atoms with van der Waals surface area (Å²) in [5.41, 5.74) is 3.09. The lowest BCUT2D eigenvalue weighted by atomic mass is 9.59. The van der Waals surface area contributed by atoms with E-state index in [1.54, 1.807) is 5.57 Å². The van der Waals surface area contributed by atoms with Gasteiger partial charge >= 0.3 is 5.97 Å². The minimum atomic E-state index is -0.0124. The van der Waals surface area contributed by atoms with E-state index in [4.69, 9.17) is 14.2 Å². The molecule has 0 aromatic heterocycles. The summed E-state index contributed by atoms with van der Waals surface area (Å²) in [4.78, 5) is 17.9. The first kappa shape index (κ1) is 21.5. The quantitative estimate of drug-likeness (QED) is 0.511. The summed E-state index contributed by atoms with van der Waals surface area (Å²) in [6, 6.07) is 6.23. The van der Waals surface area contributed by atoms with Gasteiger partial charge in [-0.05, 0) is 48.3 Å². The second-order valence-corrected chi connectivity index (χ2v) is 11.1. The molecule has 6 nitrogen and oxygen atoms in total. The van der Waals surface area contributed by atoms with Crippen LogP contribution in [0.5, 0.6) is 11.5 Å². The predicted octanol–water partition coefficient (Wildman–Crippen LogP) is 3.85. The third-order valence-electron chi connectivity index (χ3n) is 8.84. The van der Waals surface area contributed by atoms with Crippen LogP contribution < -0.4 is 9.47 Å². The number of nitrogens with zero attached hydrogens (tertiary/aromatic N) is 2. The minimum absolute atomic E-state index is 0.0124. The molecule has 6 heteroatoms. The third kappa shape index (κ3) is 3.95. The smallest absolute Gasteiger partial charge is 0.311 e. The van der Waals surface area contributed by atoms with Gasteiger partial charge in [0.05, 0.1) is 5.92 Å². The van der Waals surface area contributed by atoms with Crippen molar-refractivity contribution in [3.8, 4) is 11.5 Å². The van der Waals surface area contributed by atoms with E-state index in [0.29, 0.717) is 12.7 Å². The fourth-order valence-corrected chi connectivity index (χ4v) is 6.96. The molecule has 1 saturated carbocycles. The van der Waals surface area contributed by atoms with Gasteiger partial charge in [-0.3, -0.25) is 14.6 Å². The third-order valence-corrected chi connectivity index (χ3v) is 8.84.